The highest BCUT2D eigenvalue weighted by molar-refractivity contribution is 5.82. The first kappa shape index (κ1) is 37.0. The number of ether oxygens (including phenoxy) is 1. The zero-order chi connectivity index (χ0) is 34.0. The minimum atomic E-state index is -0.773. The van der Waals surface area contributed by atoms with Crippen LogP contribution >= 0.6 is 0 Å². The summed E-state index contributed by atoms with van der Waals surface area (Å²) in [5, 5.41) is 30.5. The molecular formula is C40H71N3O5. The average molecular weight is 674 g/mol. The van der Waals surface area contributed by atoms with Gasteiger partial charge in [0, 0.05) is 37.6 Å². The number of aliphatic hydroxyl groups excluding tert-OH is 2. The van der Waals surface area contributed by atoms with Crippen LogP contribution in [0.3, 0.4) is 0 Å². The Morgan fingerprint density at radius 2 is 1.79 bits per heavy atom. The van der Waals surface area contributed by atoms with Gasteiger partial charge in [-0.25, -0.2) is 0 Å². The fraction of sp³-hybridized carbons (Fsp3) is 0.975. The van der Waals surface area contributed by atoms with E-state index in [1.54, 1.807) is 6.92 Å². The number of rotatable bonds is 13. The molecule has 4 N–H and O–H groups in total. The molecule has 8 heteroatoms. The highest BCUT2D eigenvalue weighted by Crippen LogP contribution is 2.61. The SMILES string of the molecule is COC1C(CN2O[C@@H](CO)[C@H]([C@H](C)O)[C@H]2C(=O)N[C@H]2C[C@H]3C[C@@H]([C@@H]2C)C3(C)C)CCCC1C1CCCC(NCCCC2CCCCC2)C1. The topological polar surface area (TPSA) is 103 Å². The van der Waals surface area contributed by atoms with Crippen LogP contribution < -0.4 is 10.6 Å². The Bertz CT molecular complexity index is 1030. The van der Waals surface area contributed by atoms with Gasteiger partial charge in [-0.3, -0.25) is 9.63 Å². The lowest BCUT2D eigenvalue weighted by molar-refractivity contribution is -0.193. The molecule has 7 rings (SSSR count). The van der Waals surface area contributed by atoms with Crippen molar-refractivity contribution in [3.05, 3.63) is 0 Å². The van der Waals surface area contributed by atoms with E-state index in [0.717, 1.165) is 31.7 Å². The molecule has 0 spiro atoms. The zero-order valence-corrected chi connectivity index (χ0v) is 31.1. The highest BCUT2D eigenvalue weighted by Gasteiger charge is 2.57. The number of aliphatic hydroxyl groups is 2. The second-order valence-corrected chi connectivity index (χ2v) is 18.0. The molecule has 2 bridgehead atoms. The van der Waals surface area contributed by atoms with E-state index < -0.39 is 24.2 Å². The molecule has 13 atom stereocenters. The summed E-state index contributed by atoms with van der Waals surface area (Å²) in [4.78, 5) is 20.6. The third kappa shape index (κ3) is 7.84. The third-order valence-corrected chi connectivity index (χ3v) is 15.0. The Hall–Kier alpha value is -0.770. The monoisotopic (exact) mass is 674 g/mol. The van der Waals surface area contributed by atoms with Crippen molar-refractivity contribution in [3.63, 3.8) is 0 Å². The lowest BCUT2D eigenvalue weighted by Crippen LogP contribution is -2.62. The van der Waals surface area contributed by atoms with Crippen LogP contribution in [-0.4, -0.2) is 84.4 Å². The first-order chi connectivity index (χ1) is 23.1. The normalized spacial score (nSPS) is 42.6. The predicted octanol–water partition coefficient (Wildman–Crippen LogP) is 6.09. The molecule has 1 heterocycles. The van der Waals surface area contributed by atoms with Gasteiger partial charge in [0.2, 0.25) is 5.91 Å². The van der Waals surface area contributed by atoms with Crippen molar-refractivity contribution in [2.24, 2.45) is 52.8 Å². The fourth-order valence-corrected chi connectivity index (χ4v) is 12.1. The summed E-state index contributed by atoms with van der Waals surface area (Å²) in [7, 11) is 1.88. The van der Waals surface area contributed by atoms with Gasteiger partial charge in [-0.05, 0) is 112 Å². The van der Waals surface area contributed by atoms with Gasteiger partial charge < -0.3 is 25.6 Å². The highest BCUT2D eigenvalue weighted by atomic mass is 16.7. The summed E-state index contributed by atoms with van der Waals surface area (Å²) in [6.45, 7) is 10.3. The molecule has 1 saturated heterocycles. The average Bonchev–Trinajstić information content (AvgIpc) is 3.46. The van der Waals surface area contributed by atoms with Gasteiger partial charge in [0.25, 0.3) is 0 Å². The Balaban J connectivity index is 1.07. The Labute approximate surface area is 292 Å². The number of hydroxylamine groups is 2. The van der Waals surface area contributed by atoms with Gasteiger partial charge in [-0.15, -0.1) is 0 Å². The van der Waals surface area contributed by atoms with Crippen LogP contribution in [0.1, 0.15) is 130 Å². The Morgan fingerprint density at radius 3 is 2.48 bits per heavy atom. The molecule has 7 fully saturated rings. The minimum Gasteiger partial charge on any atom is -0.394 e. The van der Waals surface area contributed by atoms with Gasteiger partial charge in [-0.2, -0.15) is 5.06 Å². The van der Waals surface area contributed by atoms with Crippen LogP contribution in [0.5, 0.6) is 0 Å². The first-order valence-corrected chi connectivity index (χ1v) is 20.4. The number of hydrogen-bond acceptors (Lipinski definition) is 7. The number of amides is 1. The maximum Gasteiger partial charge on any atom is 0.240 e. The van der Waals surface area contributed by atoms with Crippen molar-refractivity contribution in [2.45, 2.75) is 167 Å². The van der Waals surface area contributed by atoms with Crippen molar-refractivity contribution < 1.29 is 24.6 Å². The van der Waals surface area contributed by atoms with E-state index in [4.69, 9.17) is 9.57 Å². The number of nitrogens with zero attached hydrogens (tertiary/aromatic N) is 1. The summed E-state index contributed by atoms with van der Waals surface area (Å²) < 4.78 is 6.37. The van der Waals surface area contributed by atoms with Crippen LogP contribution in [0.15, 0.2) is 0 Å². The van der Waals surface area contributed by atoms with Gasteiger partial charge in [0.05, 0.1) is 18.8 Å². The Morgan fingerprint density at radius 1 is 1.02 bits per heavy atom. The summed E-state index contributed by atoms with van der Waals surface area (Å²) >= 11 is 0. The maximum absolute atomic E-state index is 14.2. The van der Waals surface area contributed by atoms with Crippen LogP contribution in [0, 0.1) is 52.8 Å². The number of carbonyl (C=O) groups excluding carboxylic acids is 1. The zero-order valence-electron chi connectivity index (χ0n) is 31.1. The van der Waals surface area contributed by atoms with Gasteiger partial charge in [0.1, 0.15) is 12.1 Å². The summed E-state index contributed by atoms with van der Waals surface area (Å²) in [6, 6.07) is 0.124. The molecule has 1 aliphatic heterocycles. The van der Waals surface area contributed by atoms with Crippen molar-refractivity contribution in [3.8, 4) is 0 Å². The molecule has 6 aliphatic carbocycles. The first-order valence-electron chi connectivity index (χ1n) is 20.4. The van der Waals surface area contributed by atoms with Gasteiger partial charge in [0.15, 0.2) is 0 Å². The summed E-state index contributed by atoms with van der Waals surface area (Å²) in [5.74, 6) is 3.53. The standard InChI is InChI=1S/C40H71N3O5/c1-25-33-21-30(40(33,3)4)22-34(25)42-39(46)37-36(26(2)45)35(24-44)48-43(37)23-29-16-10-18-32(38(29)47-5)28-15-9-17-31(20-28)41-19-11-14-27-12-7-6-8-13-27/h25-38,41,44-45H,6-24H2,1-5H3,(H,42,46)/t25-,26-,28?,29?,30+,31?,32?,33-,34-,35-,36-,37-,38?/m0/s1. The van der Waals surface area contributed by atoms with Crippen LogP contribution in [0.25, 0.3) is 0 Å². The largest absolute Gasteiger partial charge is 0.394 e. The quantitative estimate of drug-likeness (QED) is 0.176. The van der Waals surface area contributed by atoms with E-state index in [1.807, 2.05) is 12.2 Å². The second kappa shape index (κ2) is 16.3. The van der Waals surface area contributed by atoms with E-state index in [-0.39, 0.29) is 30.6 Å². The third-order valence-electron chi connectivity index (χ3n) is 15.0. The van der Waals surface area contributed by atoms with E-state index in [2.05, 4.69) is 31.4 Å². The van der Waals surface area contributed by atoms with Crippen molar-refractivity contribution in [1.29, 1.82) is 0 Å². The van der Waals surface area contributed by atoms with Crippen LogP contribution in [-0.2, 0) is 14.4 Å². The molecule has 8 nitrogen and oxygen atoms in total. The maximum atomic E-state index is 14.2. The van der Waals surface area contributed by atoms with Crippen LogP contribution in [0.2, 0.25) is 0 Å². The minimum absolute atomic E-state index is 0.0567. The molecule has 48 heavy (non-hydrogen) atoms. The molecule has 6 saturated carbocycles. The van der Waals surface area contributed by atoms with Gasteiger partial charge >= 0.3 is 0 Å². The van der Waals surface area contributed by atoms with E-state index in [9.17, 15) is 15.0 Å². The predicted molar refractivity (Wildman–Crippen MR) is 190 cm³/mol. The number of fused-ring (bicyclic) bond motifs is 2. The van der Waals surface area contributed by atoms with E-state index in [1.165, 1.54) is 83.5 Å². The Kier molecular flexibility index (Phi) is 12.5. The van der Waals surface area contributed by atoms with Gasteiger partial charge in [-0.1, -0.05) is 65.7 Å². The van der Waals surface area contributed by atoms with Crippen molar-refractivity contribution in [2.75, 3.05) is 26.8 Å². The number of hydrogen-bond donors (Lipinski definition) is 4. The summed E-state index contributed by atoms with van der Waals surface area (Å²) in [5.41, 5.74) is 0.350. The van der Waals surface area contributed by atoms with Crippen LogP contribution in [0.4, 0.5) is 0 Å². The molecule has 0 radical (unpaired) electrons. The molecule has 0 aromatic rings. The van der Waals surface area contributed by atoms with E-state index in [0.29, 0.717) is 47.6 Å². The molecule has 7 aliphatic rings. The molecule has 276 valence electrons. The summed E-state index contributed by atoms with van der Waals surface area (Å²) in [6.07, 6.45) is 19.4. The molecular weight excluding hydrogens is 602 g/mol. The lowest BCUT2D eigenvalue weighted by Gasteiger charge is -2.62. The molecule has 5 unspecified atom stereocenters. The lowest BCUT2D eigenvalue weighted by atomic mass is 9.45. The number of methoxy groups -OCH3 is 1. The van der Waals surface area contributed by atoms with Crippen molar-refractivity contribution in [1.82, 2.24) is 15.7 Å². The number of nitrogens with one attached hydrogen (secondary N) is 2. The smallest absolute Gasteiger partial charge is 0.240 e. The molecule has 0 aromatic heterocycles. The number of carbonyl (C=O) groups is 1. The van der Waals surface area contributed by atoms with Crippen molar-refractivity contribution >= 4 is 5.91 Å². The van der Waals surface area contributed by atoms with E-state index >= 15 is 0 Å². The molecule has 1 amide bonds. The fourth-order valence-electron chi connectivity index (χ4n) is 12.1. The molecule has 0 aromatic carbocycles. The second-order valence-electron chi connectivity index (χ2n) is 18.0.